The van der Waals surface area contributed by atoms with Gasteiger partial charge in [0.2, 0.25) is 0 Å². The number of aromatic carboxylic acids is 1. The molecule has 0 aliphatic heterocycles. The van der Waals surface area contributed by atoms with Gasteiger partial charge in [-0.15, -0.1) is 11.3 Å². The number of hydrogen-bond donors (Lipinski definition) is 1. The number of carboxylic acids is 1. The van der Waals surface area contributed by atoms with Gasteiger partial charge in [-0.05, 0) is 17.5 Å². The molecule has 0 spiro atoms. The van der Waals surface area contributed by atoms with Crippen LogP contribution in [0, 0.1) is 0 Å². The zero-order valence-electron chi connectivity index (χ0n) is 7.61. The average Bonchev–Trinajstić information content (AvgIpc) is 2.67. The molecule has 4 heteroatoms. The molecule has 0 unspecified atom stereocenters. The molecule has 0 amide bonds. The summed E-state index contributed by atoms with van der Waals surface area (Å²) in [7, 11) is 0. The molecule has 76 valence electrons. The molecule has 2 aromatic rings. The Morgan fingerprint density at radius 1 is 1.27 bits per heavy atom. The minimum Gasteiger partial charge on any atom is -0.478 e. The van der Waals surface area contributed by atoms with Gasteiger partial charge in [-0.3, -0.25) is 0 Å². The lowest BCUT2D eigenvalue weighted by molar-refractivity contribution is 0.0698. The van der Waals surface area contributed by atoms with Crippen LogP contribution >= 0.6 is 22.9 Å². The largest absolute Gasteiger partial charge is 0.478 e. The Morgan fingerprint density at radius 3 is 2.67 bits per heavy atom. The molecule has 2 rings (SSSR count). The Morgan fingerprint density at radius 2 is 2.00 bits per heavy atom. The van der Waals surface area contributed by atoms with Crippen LogP contribution in [0.4, 0.5) is 0 Å². The van der Waals surface area contributed by atoms with Crippen molar-refractivity contribution in [3.8, 4) is 10.4 Å². The SMILES string of the molecule is O=C(O)c1ccsc1-c1ccccc1Cl. The Balaban J connectivity index is 2.59. The average molecular weight is 239 g/mol. The van der Waals surface area contributed by atoms with E-state index in [1.807, 2.05) is 18.2 Å². The topological polar surface area (TPSA) is 37.3 Å². The van der Waals surface area contributed by atoms with Gasteiger partial charge in [0, 0.05) is 10.6 Å². The van der Waals surface area contributed by atoms with Crippen LogP contribution in [-0.4, -0.2) is 11.1 Å². The lowest BCUT2D eigenvalue weighted by atomic mass is 10.1. The van der Waals surface area contributed by atoms with E-state index in [4.69, 9.17) is 16.7 Å². The number of carboxylic acid groups (broad SMARTS) is 1. The van der Waals surface area contributed by atoms with Crippen molar-refractivity contribution in [3.63, 3.8) is 0 Å². The number of benzene rings is 1. The van der Waals surface area contributed by atoms with Crippen LogP contribution in [0.3, 0.4) is 0 Å². The molecular weight excluding hydrogens is 232 g/mol. The van der Waals surface area contributed by atoms with Gasteiger partial charge in [-0.2, -0.15) is 0 Å². The summed E-state index contributed by atoms with van der Waals surface area (Å²) in [6.07, 6.45) is 0. The number of rotatable bonds is 2. The molecular formula is C11H7ClO2S. The Labute approximate surface area is 95.8 Å². The Hall–Kier alpha value is -1.32. The van der Waals surface area contributed by atoms with Crippen LogP contribution in [0.2, 0.25) is 5.02 Å². The minimum absolute atomic E-state index is 0.299. The smallest absolute Gasteiger partial charge is 0.337 e. The van der Waals surface area contributed by atoms with Gasteiger partial charge in [-0.25, -0.2) is 4.79 Å². The van der Waals surface area contributed by atoms with Crippen molar-refractivity contribution in [1.29, 1.82) is 0 Å². The van der Waals surface area contributed by atoms with Gasteiger partial charge >= 0.3 is 5.97 Å². The predicted octanol–water partition coefficient (Wildman–Crippen LogP) is 3.77. The third kappa shape index (κ3) is 1.89. The molecule has 0 atom stereocenters. The summed E-state index contributed by atoms with van der Waals surface area (Å²) in [4.78, 5) is 11.6. The first-order chi connectivity index (χ1) is 7.20. The van der Waals surface area contributed by atoms with E-state index in [0.29, 0.717) is 15.5 Å². The first kappa shape index (κ1) is 10.2. The summed E-state index contributed by atoms with van der Waals surface area (Å²) >= 11 is 7.39. The van der Waals surface area contributed by atoms with Gasteiger partial charge in [0.05, 0.1) is 10.4 Å². The first-order valence-electron chi connectivity index (χ1n) is 4.26. The lowest BCUT2D eigenvalue weighted by Gasteiger charge is -2.02. The van der Waals surface area contributed by atoms with Crippen LogP contribution in [0.5, 0.6) is 0 Å². The Bertz CT molecular complexity index is 505. The van der Waals surface area contributed by atoms with Crippen molar-refractivity contribution < 1.29 is 9.90 Å². The third-order valence-corrected chi connectivity index (χ3v) is 3.29. The maximum Gasteiger partial charge on any atom is 0.337 e. The zero-order chi connectivity index (χ0) is 10.8. The van der Waals surface area contributed by atoms with Gasteiger partial charge in [-0.1, -0.05) is 29.8 Å². The molecule has 2 nitrogen and oxygen atoms in total. The van der Waals surface area contributed by atoms with Crippen molar-refractivity contribution >= 4 is 28.9 Å². The van der Waals surface area contributed by atoms with E-state index in [1.165, 1.54) is 11.3 Å². The summed E-state index contributed by atoms with van der Waals surface area (Å²) in [5.41, 5.74) is 1.07. The second kappa shape index (κ2) is 4.04. The fraction of sp³-hybridized carbons (Fsp3) is 0. The van der Waals surface area contributed by atoms with Crippen molar-refractivity contribution in [2.24, 2.45) is 0 Å². The van der Waals surface area contributed by atoms with E-state index in [0.717, 1.165) is 5.56 Å². The molecule has 1 N–H and O–H groups in total. The highest BCUT2D eigenvalue weighted by atomic mass is 35.5. The van der Waals surface area contributed by atoms with Crippen molar-refractivity contribution in [2.75, 3.05) is 0 Å². The molecule has 0 saturated heterocycles. The molecule has 0 saturated carbocycles. The number of thiophene rings is 1. The van der Waals surface area contributed by atoms with E-state index in [9.17, 15) is 4.79 Å². The molecule has 0 aliphatic carbocycles. The molecule has 0 fully saturated rings. The molecule has 0 aliphatic rings. The standard InChI is InChI=1S/C11H7ClO2S/c12-9-4-2-1-3-7(9)10-8(11(13)14)5-6-15-10/h1-6H,(H,13,14). The van der Waals surface area contributed by atoms with Gasteiger partial charge < -0.3 is 5.11 Å². The fourth-order valence-corrected chi connectivity index (χ4v) is 2.55. The molecule has 1 heterocycles. The first-order valence-corrected chi connectivity index (χ1v) is 5.51. The molecule has 0 bridgehead atoms. The van der Waals surface area contributed by atoms with Gasteiger partial charge in [0.25, 0.3) is 0 Å². The highest BCUT2D eigenvalue weighted by Gasteiger charge is 2.14. The van der Waals surface area contributed by atoms with Crippen molar-refractivity contribution in [3.05, 3.63) is 46.3 Å². The maximum absolute atomic E-state index is 10.9. The van der Waals surface area contributed by atoms with E-state index in [-0.39, 0.29) is 0 Å². The summed E-state index contributed by atoms with van der Waals surface area (Å²) in [5, 5.41) is 11.3. The highest BCUT2D eigenvalue weighted by Crippen LogP contribution is 2.34. The van der Waals surface area contributed by atoms with Crippen LogP contribution in [0.25, 0.3) is 10.4 Å². The summed E-state index contributed by atoms with van der Waals surface area (Å²) in [6.45, 7) is 0. The van der Waals surface area contributed by atoms with E-state index in [2.05, 4.69) is 0 Å². The minimum atomic E-state index is -0.925. The summed E-state index contributed by atoms with van der Waals surface area (Å²) in [5.74, 6) is -0.925. The highest BCUT2D eigenvalue weighted by molar-refractivity contribution is 7.14. The number of hydrogen-bond acceptors (Lipinski definition) is 2. The number of carbonyl (C=O) groups is 1. The third-order valence-electron chi connectivity index (χ3n) is 2.01. The molecule has 15 heavy (non-hydrogen) atoms. The maximum atomic E-state index is 10.9. The quantitative estimate of drug-likeness (QED) is 0.865. The molecule has 0 radical (unpaired) electrons. The zero-order valence-corrected chi connectivity index (χ0v) is 9.18. The summed E-state index contributed by atoms with van der Waals surface area (Å²) < 4.78 is 0. The van der Waals surface area contributed by atoms with E-state index in [1.54, 1.807) is 17.5 Å². The molecule has 1 aromatic heterocycles. The predicted molar refractivity (Wildman–Crippen MR) is 61.7 cm³/mol. The van der Waals surface area contributed by atoms with Gasteiger partial charge in [0.1, 0.15) is 0 Å². The van der Waals surface area contributed by atoms with Crippen molar-refractivity contribution in [1.82, 2.24) is 0 Å². The molecule has 1 aromatic carbocycles. The Kier molecular flexibility index (Phi) is 2.75. The van der Waals surface area contributed by atoms with E-state index >= 15 is 0 Å². The second-order valence-electron chi connectivity index (χ2n) is 2.95. The lowest BCUT2D eigenvalue weighted by Crippen LogP contribution is -1.95. The number of halogens is 1. The van der Waals surface area contributed by atoms with Crippen LogP contribution < -0.4 is 0 Å². The van der Waals surface area contributed by atoms with Crippen LogP contribution in [0.1, 0.15) is 10.4 Å². The van der Waals surface area contributed by atoms with E-state index < -0.39 is 5.97 Å². The monoisotopic (exact) mass is 238 g/mol. The summed E-state index contributed by atoms with van der Waals surface area (Å²) in [6, 6.07) is 8.82. The van der Waals surface area contributed by atoms with Crippen molar-refractivity contribution in [2.45, 2.75) is 0 Å². The normalized spacial score (nSPS) is 10.2. The van der Waals surface area contributed by atoms with Crippen LogP contribution in [-0.2, 0) is 0 Å². The fourth-order valence-electron chi connectivity index (χ4n) is 1.33. The second-order valence-corrected chi connectivity index (χ2v) is 4.27. The van der Waals surface area contributed by atoms with Gasteiger partial charge in [0.15, 0.2) is 0 Å². The van der Waals surface area contributed by atoms with Crippen LogP contribution in [0.15, 0.2) is 35.7 Å².